The van der Waals surface area contributed by atoms with Gasteiger partial charge in [0.1, 0.15) is 11.5 Å². The molecule has 1 aromatic heterocycles. The molecule has 0 saturated heterocycles. The van der Waals surface area contributed by atoms with E-state index in [1.165, 1.54) is 12.4 Å². The number of aromatic nitrogens is 2. The van der Waals surface area contributed by atoms with Crippen molar-refractivity contribution in [3.05, 3.63) is 82.2 Å². The van der Waals surface area contributed by atoms with E-state index in [4.69, 9.17) is 23.2 Å². The average Bonchev–Trinajstić information content (AvgIpc) is 2.65. The van der Waals surface area contributed by atoms with Gasteiger partial charge in [0.25, 0.3) is 5.91 Å². The molecular formula is C18H14Cl2N4O. The van der Waals surface area contributed by atoms with Gasteiger partial charge in [0.2, 0.25) is 0 Å². The summed E-state index contributed by atoms with van der Waals surface area (Å²) in [7, 11) is 0. The molecule has 0 saturated carbocycles. The molecule has 3 aromatic rings. The smallest absolute Gasteiger partial charge is 0.275 e. The van der Waals surface area contributed by atoms with Gasteiger partial charge in [-0.15, -0.1) is 0 Å². The van der Waals surface area contributed by atoms with Gasteiger partial charge in [-0.2, -0.15) is 0 Å². The third-order valence-electron chi connectivity index (χ3n) is 3.40. The lowest BCUT2D eigenvalue weighted by Gasteiger charge is -2.08. The van der Waals surface area contributed by atoms with E-state index >= 15 is 0 Å². The fraction of sp³-hybridized carbons (Fsp3) is 0.0556. The Hall–Kier alpha value is -2.63. The molecular weight excluding hydrogens is 359 g/mol. The zero-order valence-electron chi connectivity index (χ0n) is 13.0. The number of rotatable bonds is 5. The van der Waals surface area contributed by atoms with Crippen LogP contribution in [0.4, 0.5) is 11.5 Å². The van der Waals surface area contributed by atoms with Gasteiger partial charge in [-0.1, -0.05) is 59.6 Å². The number of amides is 1. The number of benzene rings is 2. The maximum absolute atomic E-state index is 12.2. The Morgan fingerprint density at radius 3 is 2.48 bits per heavy atom. The van der Waals surface area contributed by atoms with E-state index in [1.807, 2.05) is 30.3 Å². The summed E-state index contributed by atoms with van der Waals surface area (Å²) in [5.74, 6) is 0.174. The molecule has 1 heterocycles. The van der Waals surface area contributed by atoms with Crippen molar-refractivity contribution in [3.63, 3.8) is 0 Å². The highest BCUT2D eigenvalue weighted by molar-refractivity contribution is 6.44. The first-order valence-electron chi connectivity index (χ1n) is 7.48. The molecule has 0 spiro atoms. The standard InChI is InChI=1S/C18H14Cl2N4O/c19-13-7-4-8-14(17(13)20)24-18(25)15-10-23-16(11-21-15)22-9-12-5-2-1-3-6-12/h1-8,10-11H,9H2,(H,22,23)(H,24,25). The molecule has 2 N–H and O–H groups in total. The first kappa shape index (κ1) is 17.2. The van der Waals surface area contributed by atoms with Crippen LogP contribution < -0.4 is 10.6 Å². The summed E-state index contributed by atoms with van der Waals surface area (Å²) in [5.41, 5.74) is 1.73. The van der Waals surface area contributed by atoms with Crippen LogP contribution in [0, 0.1) is 0 Å². The van der Waals surface area contributed by atoms with Crippen molar-refractivity contribution in [1.82, 2.24) is 9.97 Å². The Morgan fingerprint density at radius 1 is 0.960 bits per heavy atom. The Kier molecular flexibility index (Phi) is 5.48. The molecule has 0 aliphatic heterocycles. The minimum atomic E-state index is -0.411. The minimum Gasteiger partial charge on any atom is -0.365 e. The Labute approximate surface area is 155 Å². The monoisotopic (exact) mass is 372 g/mol. The zero-order valence-corrected chi connectivity index (χ0v) is 14.6. The van der Waals surface area contributed by atoms with E-state index in [-0.39, 0.29) is 10.7 Å². The second-order valence-corrected chi connectivity index (χ2v) is 5.97. The summed E-state index contributed by atoms with van der Waals surface area (Å²) in [6.45, 7) is 0.624. The van der Waals surface area contributed by atoms with Crippen LogP contribution in [0.15, 0.2) is 60.9 Å². The molecule has 0 atom stereocenters. The highest BCUT2D eigenvalue weighted by Gasteiger charge is 2.12. The first-order chi connectivity index (χ1) is 12.1. The predicted molar refractivity (Wildman–Crippen MR) is 100 cm³/mol. The summed E-state index contributed by atoms with van der Waals surface area (Å²) in [6, 6.07) is 14.9. The van der Waals surface area contributed by atoms with Gasteiger partial charge in [-0.05, 0) is 17.7 Å². The minimum absolute atomic E-state index is 0.182. The number of hydrogen-bond acceptors (Lipinski definition) is 4. The van der Waals surface area contributed by atoms with Gasteiger partial charge >= 0.3 is 0 Å². The van der Waals surface area contributed by atoms with E-state index < -0.39 is 5.91 Å². The van der Waals surface area contributed by atoms with Gasteiger partial charge in [0, 0.05) is 6.54 Å². The van der Waals surface area contributed by atoms with Crippen molar-refractivity contribution in [3.8, 4) is 0 Å². The van der Waals surface area contributed by atoms with E-state index in [2.05, 4.69) is 20.6 Å². The van der Waals surface area contributed by atoms with Crippen LogP contribution in [0.25, 0.3) is 0 Å². The SMILES string of the molecule is O=C(Nc1cccc(Cl)c1Cl)c1cnc(NCc2ccccc2)cn1. The lowest BCUT2D eigenvalue weighted by molar-refractivity contribution is 0.102. The second kappa shape index (κ2) is 7.96. The predicted octanol–water partition coefficient (Wildman–Crippen LogP) is 4.65. The number of nitrogens with zero attached hydrogens (tertiary/aromatic N) is 2. The van der Waals surface area contributed by atoms with E-state index in [9.17, 15) is 4.79 Å². The van der Waals surface area contributed by atoms with Crippen molar-refractivity contribution in [1.29, 1.82) is 0 Å². The summed E-state index contributed by atoms with van der Waals surface area (Å²) >= 11 is 12.0. The second-order valence-electron chi connectivity index (χ2n) is 5.18. The van der Waals surface area contributed by atoms with Gasteiger partial charge in [-0.25, -0.2) is 9.97 Å². The van der Waals surface area contributed by atoms with Gasteiger partial charge in [0.15, 0.2) is 0 Å². The van der Waals surface area contributed by atoms with Crippen molar-refractivity contribution in [2.45, 2.75) is 6.54 Å². The van der Waals surface area contributed by atoms with Crippen LogP contribution in [0.2, 0.25) is 10.0 Å². The summed E-state index contributed by atoms with van der Waals surface area (Å²) in [5, 5.41) is 6.47. The number of anilines is 2. The highest BCUT2D eigenvalue weighted by atomic mass is 35.5. The van der Waals surface area contributed by atoms with Crippen LogP contribution in [-0.2, 0) is 6.54 Å². The quantitative estimate of drug-likeness (QED) is 0.683. The van der Waals surface area contributed by atoms with E-state index in [0.717, 1.165) is 5.56 Å². The third kappa shape index (κ3) is 4.47. The highest BCUT2D eigenvalue weighted by Crippen LogP contribution is 2.29. The van der Waals surface area contributed by atoms with Gasteiger partial charge in [-0.3, -0.25) is 4.79 Å². The van der Waals surface area contributed by atoms with Crippen LogP contribution in [-0.4, -0.2) is 15.9 Å². The Bertz CT molecular complexity index is 870. The fourth-order valence-corrected chi connectivity index (χ4v) is 2.46. The van der Waals surface area contributed by atoms with Crippen LogP contribution >= 0.6 is 23.2 Å². The molecule has 7 heteroatoms. The summed E-state index contributed by atoms with van der Waals surface area (Å²) < 4.78 is 0. The summed E-state index contributed by atoms with van der Waals surface area (Å²) in [4.78, 5) is 20.6. The Balaban J connectivity index is 1.63. The van der Waals surface area contributed by atoms with Crippen LogP contribution in [0.3, 0.4) is 0 Å². The maximum Gasteiger partial charge on any atom is 0.275 e. The molecule has 0 fully saturated rings. The molecule has 5 nitrogen and oxygen atoms in total. The third-order valence-corrected chi connectivity index (χ3v) is 4.22. The molecule has 0 aliphatic carbocycles. The van der Waals surface area contributed by atoms with Crippen molar-refractivity contribution < 1.29 is 4.79 Å². The maximum atomic E-state index is 12.2. The van der Waals surface area contributed by atoms with Gasteiger partial charge in [0.05, 0.1) is 28.1 Å². The lowest BCUT2D eigenvalue weighted by atomic mass is 10.2. The topological polar surface area (TPSA) is 66.9 Å². The molecule has 0 bridgehead atoms. The molecule has 0 unspecified atom stereocenters. The zero-order chi connectivity index (χ0) is 17.6. The fourth-order valence-electron chi connectivity index (χ4n) is 2.11. The molecule has 25 heavy (non-hydrogen) atoms. The molecule has 126 valence electrons. The number of carbonyl (C=O) groups is 1. The molecule has 3 rings (SSSR count). The summed E-state index contributed by atoms with van der Waals surface area (Å²) in [6.07, 6.45) is 2.92. The Morgan fingerprint density at radius 2 is 1.76 bits per heavy atom. The van der Waals surface area contributed by atoms with E-state index in [0.29, 0.717) is 23.1 Å². The molecule has 2 aromatic carbocycles. The van der Waals surface area contributed by atoms with E-state index in [1.54, 1.807) is 18.2 Å². The molecule has 0 radical (unpaired) electrons. The van der Waals surface area contributed by atoms with Crippen molar-refractivity contribution >= 4 is 40.6 Å². The lowest BCUT2D eigenvalue weighted by Crippen LogP contribution is -2.15. The largest absolute Gasteiger partial charge is 0.365 e. The van der Waals surface area contributed by atoms with Crippen LogP contribution in [0.1, 0.15) is 16.1 Å². The number of hydrogen-bond donors (Lipinski definition) is 2. The molecule has 1 amide bonds. The molecule has 0 aliphatic rings. The first-order valence-corrected chi connectivity index (χ1v) is 8.24. The number of halogens is 2. The number of carbonyl (C=O) groups excluding carboxylic acids is 1. The van der Waals surface area contributed by atoms with Crippen molar-refractivity contribution in [2.24, 2.45) is 0 Å². The normalized spacial score (nSPS) is 10.3. The van der Waals surface area contributed by atoms with Crippen LogP contribution in [0.5, 0.6) is 0 Å². The average molecular weight is 373 g/mol. The number of nitrogens with one attached hydrogen (secondary N) is 2. The van der Waals surface area contributed by atoms with Crippen molar-refractivity contribution in [2.75, 3.05) is 10.6 Å². The van der Waals surface area contributed by atoms with Gasteiger partial charge < -0.3 is 10.6 Å².